The van der Waals surface area contributed by atoms with Gasteiger partial charge in [0.2, 0.25) is 0 Å². The first-order valence-electron chi connectivity index (χ1n) is 6.61. The fourth-order valence-corrected chi connectivity index (χ4v) is 3.89. The predicted octanol–water partition coefficient (Wildman–Crippen LogP) is 5.56. The molecule has 4 aromatic heterocycles. The second-order valence-electron chi connectivity index (χ2n) is 4.68. The van der Waals surface area contributed by atoms with Gasteiger partial charge in [0.05, 0.1) is 22.3 Å². The predicted molar refractivity (Wildman–Crippen MR) is 87.5 cm³/mol. The van der Waals surface area contributed by atoms with Gasteiger partial charge in [0.15, 0.2) is 5.78 Å². The van der Waals surface area contributed by atoms with Gasteiger partial charge in [-0.3, -0.25) is 4.79 Å². The van der Waals surface area contributed by atoms with Crippen LogP contribution in [-0.2, 0) is 0 Å². The summed E-state index contributed by atoms with van der Waals surface area (Å²) in [6.45, 7) is 0. The van der Waals surface area contributed by atoms with Crippen molar-refractivity contribution in [2.75, 3.05) is 0 Å². The molecule has 5 heteroatoms. The number of hydrogen-bond acceptors (Lipinski definition) is 5. The molecular weight excluding hydrogens is 316 g/mol. The molecule has 0 bridgehead atoms. The molecule has 0 aliphatic carbocycles. The summed E-state index contributed by atoms with van der Waals surface area (Å²) in [4.78, 5) is 14.5. The molecule has 0 unspecified atom stereocenters. The van der Waals surface area contributed by atoms with Crippen LogP contribution < -0.4 is 0 Å². The molecule has 0 spiro atoms. The molecule has 0 radical (unpaired) electrons. The second kappa shape index (κ2) is 5.44. The lowest BCUT2D eigenvalue weighted by molar-refractivity contribution is 0.103. The Morgan fingerprint density at radius 1 is 0.818 bits per heavy atom. The Bertz CT molecular complexity index is 821. The smallest absolute Gasteiger partial charge is 0.194 e. The standard InChI is InChI=1S/C17H10O3S2/c18-17(11-7-15(21-9-11)13-3-1-5-19-13)12-8-16(22-10-12)14-4-2-6-20-14/h1-10H. The number of carbonyl (C=O) groups excluding carboxylic acids is 1. The Morgan fingerprint density at radius 2 is 1.32 bits per heavy atom. The van der Waals surface area contributed by atoms with Crippen molar-refractivity contribution in [3.63, 3.8) is 0 Å². The van der Waals surface area contributed by atoms with E-state index in [-0.39, 0.29) is 5.78 Å². The van der Waals surface area contributed by atoms with Crippen LogP contribution in [0.15, 0.2) is 68.5 Å². The molecule has 0 fully saturated rings. The molecule has 0 saturated heterocycles. The van der Waals surface area contributed by atoms with Crippen LogP contribution >= 0.6 is 22.7 Å². The van der Waals surface area contributed by atoms with Gasteiger partial charge in [-0.2, -0.15) is 0 Å². The van der Waals surface area contributed by atoms with Crippen LogP contribution in [0.25, 0.3) is 21.3 Å². The fourth-order valence-electron chi connectivity index (χ4n) is 2.17. The van der Waals surface area contributed by atoms with Crippen LogP contribution in [0.4, 0.5) is 0 Å². The van der Waals surface area contributed by atoms with E-state index < -0.39 is 0 Å². The Labute approximate surface area is 134 Å². The fraction of sp³-hybridized carbons (Fsp3) is 0. The van der Waals surface area contributed by atoms with Gasteiger partial charge in [0, 0.05) is 21.9 Å². The van der Waals surface area contributed by atoms with E-state index in [0.29, 0.717) is 11.1 Å². The Kier molecular flexibility index (Phi) is 3.29. The molecule has 3 nitrogen and oxygen atoms in total. The molecule has 108 valence electrons. The summed E-state index contributed by atoms with van der Waals surface area (Å²) < 4.78 is 10.7. The van der Waals surface area contributed by atoms with Crippen LogP contribution in [-0.4, -0.2) is 5.78 Å². The molecule has 4 aromatic rings. The van der Waals surface area contributed by atoms with E-state index in [0.717, 1.165) is 21.3 Å². The van der Waals surface area contributed by atoms with Crippen LogP contribution in [0, 0.1) is 0 Å². The average molecular weight is 326 g/mol. The van der Waals surface area contributed by atoms with Gasteiger partial charge < -0.3 is 8.83 Å². The van der Waals surface area contributed by atoms with Crippen molar-refractivity contribution >= 4 is 28.5 Å². The highest BCUT2D eigenvalue weighted by Crippen LogP contribution is 2.31. The quantitative estimate of drug-likeness (QED) is 0.461. The van der Waals surface area contributed by atoms with Crippen molar-refractivity contribution in [2.24, 2.45) is 0 Å². The molecule has 0 aliphatic rings. The first-order valence-corrected chi connectivity index (χ1v) is 8.37. The molecule has 22 heavy (non-hydrogen) atoms. The highest BCUT2D eigenvalue weighted by Gasteiger charge is 2.16. The summed E-state index contributed by atoms with van der Waals surface area (Å²) in [6.07, 6.45) is 3.26. The highest BCUT2D eigenvalue weighted by molar-refractivity contribution is 7.14. The van der Waals surface area contributed by atoms with Gasteiger partial charge in [0.1, 0.15) is 11.5 Å². The molecule has 0 amide bonds. The summed E-state index contributed by atoms with van der Waals surface area (Å²) >= 11 is 3.01. The van der Waals surface area contributed by atoms with Gasteiger partial charge in [-0.05, 0) is 36.4 Å². The Hall–Kier alpha value is -2.37. The van der Waals surface area contributed by atoms with Crippen molar-refractivity contribution in [3.05, 3.63) is 70.8 Å². The molecular formula is C17H10O3S2. The molecule has 0 saturated carbocycles. The van der Waals surface area contributed by atoms with Gasteiger partial charge >= 0.3 is 0 Å². The van der Waals surface area contributed by atoms with Gasteiger partial charge in [-0.1, -0.05) is 0 Å². The van der Waals surface area contributed by atoms with E-state index in [1.165, 1.54) is 22.7 Å². The highest BCUT2D eigenvalue weighted by atomic mass is 32.1. The van der Waals surface area contributed by atoms with Crippen LogP contribution in [0.3, 0.4) is 0 Å². The van der Waals surface area contributed by atoms with E-state index in [1.807, 2.05) is 47.2 Å². The minimum Gasteiger partial charge on any atom is -0.464 e. The van der Waals surface area contributed by atoms with E-state index in [2.05, 4.69) is 0 Å². The molecule has 4 rings (SSSR count). The third kappa shape index (κ3) is 2.34. The van der Waals surface area contributed by atoms with E-state index in [1.54, 1.807) is 12.5 Å². The number of carbonyl (C=O) groups is 1. The SMILES string of the molecule is O=C(c1csc(-c2ccco2)c1)c1csc(-c2ccco2)c1. The normalized spacial score (nSPS) is 10.9. The maximum atomic E-state index is 12.6. The molecule has 0 N–H and O–H groups in total. The third-order valence-electron chi connectivity index (χ3n) is 3.25. The number of furan rings is 2. The number of thiophene rings is 2. The zero-order chi connectivity index (χ0) is 14.9. The average Bonchev–Trinajstić information content (AvgIpc) is 3.35. The summed E-state index contributed by atoms with van der Waals surface area (Å²) in [6, 6.07) is 11.2. The number of rotatable bonds is 4. The second-order valence-corrected chi connectivity index (χ2v) is 6.51. The first kappa shape index (κ1) is 13.3. The van der Waals surface area contributed by atoms with Crippen LogP contribution in [0.2, 0.25) is 0 Å². The van der Waals surface area contributed by atoms with Gasteiger partial charge in [-0.15, -0.1) is 22.7 Å². The third-order valence-corrected chi connectivity index (χ3v) is 5.14. The molecule has 4 heterocycles. The Balaban J connectivity index is 1.62. The van der Waals surface area contributed by atoms with E-state index in [4.69, 9.17) is 8.83 Å². The topological polar surface area (TPSA) is 43.4 Å². The summed E-state index contributed by atoms with van der Waals surface area (Å²) in [5, 5.41) is 3.73. The van der Waals surface area contributed by atoms with Crippen molar-refractivity contribution in [1.82, 2.24) is 0 Å². The summed E-state index contributed by atoms with van der Waals surface area (Å²) in [7, 11) is 0. The number of ketones is 1. The van der Waals surface area contributed by atoms with Crippen molar-refractivity contribution in [3.8, 4) is 21.3 Å². The zero-order valence-electron chi connectivity index (χ0n) is 11.3. The Morgan fingerprint density at radius 3 is 1.73 bits per heavy atom. The minimum absolute atomic E-state index is 0.0168. The van der Waals surface area contributed by atoms with Crippen molar-refractivity contribution in [2.45, 2.75) is 0 Å². The van der Waals surface area contributed by atoms with E-state index in [9.17, 15) is 4.79 Å². The van der Waals surface area contributed by atoms with Crippen LogP contribution in [0.1, 0.15) is 15.9 Å². The van der Waals surface area contributed by atoms with Gasteiger partial charge in [-0.25, -0.2) is 0 Å². The minimum atomic E-state index is 0.0168. The monoisotopic (exact) mass is 326 g/mol. The summed E-state index contributed by atoms with van der Waals surface area (Å²) in [5.41, 5.74) is 1.36. The lowest BCUT2D eigenvalue weighted by Crippen LogP contribution is -1.96. The largest absolute Gasteiger partial charge is 0.464 e. The molecule has 0 aromatic carbocycles. The zero-order valence-corrected chi connectivity index (χ0v) is 12.9. The van der Waals surface area contributed by atoms with E-state index >= 15 is 0 Å². The number of hydrogen-bond donors (Lipinski definition) is 0. The lowest BCUT2D eigenvalue weighted by Gasteiger charge is -1.93. The van der Waals surface area contributed by atoms with Crippen molar-refractivity contribution in [1.29, 1.82) is 0 Å². The molecule has 0 aliphatic heterocycles. The first-order chi connectivity index (χ1) is 10.8. The summed E-state index contributed by atoms with van der Waals surface area (Å²) in [5.74, 6) is 1.58. The van der Waals surface area contributed by atoms with Gasteiger partial charge in [0.25, 0.3) is 0 Å². The van der Waals surface area contributed by atoms with Crippen molar-refractivity contribution < 1.29 is 13.6 Å². The van der Waals surface area contributed by atoms with Crippen LogP contribution in [0.5, 0.6) is 0 Å². The lowest BCUT2D eigenvalue weighted by atomic mass is 10.1. The molecule has 0 atom stereocenters. The maximum absolute atomic E-state index is 12.6. The maximum Gasteiger partial charge on any atom is 0.194 e.